The van der Waals surface area contributed by atoms with Crippen LogP contribution in [0.25, 0.3) is 11.5 Å². The van der Waals surface area contributed by atoms with Crippen LogP contribution in [0.4, 0.5) is 5.69 Å². The van der Waals surface area contributed by atoms with E-state index in [1.807, 2.05) is 6.07 Å². The van der Waals surface area contributed by atoms with Crippen molar-refractivity contribution in [1.29, 1.82) is 0 Å². The van der Waals surface area contributed by atoms with Gasteiger partial charge >= 0.3 is 0 Å². The molecule has 1 aromatic heterocycles. The fraction of sp³-hybridized carbons (Fsp3) is 0.467. The van der Waals surface area contributed by atoms with Crippen molar-refractivity contribution in [2.24, 2.45) is 0 Å². The molecule has 21 heavy (non-hydrogen) atoms. The number of anilines is 1. The van der Waals surface area contributed by atoms with Crippen LogP contribution >= 0.6 is 0 Å². The Bertz CT molecular complexity index is 633. The molecule has 0 radical (unpaired) electrons. The lowest BCUT2D eigenvalue weighted by Gasteiger charge is -2.22. The first kappa shape index (κ1) is 13.9. The monoisotopic (exact) mass is 289 g/mol. The molecule has 0 spiro atoms. The van der Waals surface area contributed by atoms with E-state index in [1.54, 1.807) is 26.4 Å². The van der Waals surface area contributed by atoms with Gasteiger partial charge in [0, 0.05) is 18.9 Å². The predicted molar refractivity (Wildman–Crippen MR) is 77.9 cm³/mol. The zero-order valence-corrected chi connectivity index (χ0v) is 12.3. The molecule has 0 amide bonds. The van der Waals surface area contributed by atoms with Gasteiger partial charge in [0.05, 0.1) is 12.7 Å². The average Bonchev–Trinajstić information content (AvgIpc) is 3.16. The lowest BCUT2D eigenvalue weighted by atomic mass is 10.0. The highest BCUT2D eigenvalue weighted by Crippen LogP contribution is 2.41. The molecule has 2 aromatic rings. The zero-order chi connectivity index (χ0) is 14.9. The van der Waals surface area contributed by atoms with E-state index in [0.29, 0.717) is 23.2 Å². The summed E-state index contributed by atoms with van der Waals surface area (Å²) in [4.78, 5) is 4.52. The summed E-state index contributed by atoms with van der Waals surface area (Å²) < 4.78 is 16.4. The number of nitrogens with two attached hydrogens (primary N) is 1. The molecule has 1 aliphatic carbocycles. The summed E-state index contributed by atoms with van der Waals surface area (Å²) in [5, 5.41) is 4.12. The molecule has 1 aliphatic rings. The Morgan fingerprint density at radius 2 is 2.00 bits per heavy atom. The van der Waals surface area contributed by atoms with Gasteiger partial charge in [-0.25, -0.2) is 0 Å². The van der Waals surface area contributed by atoms with Gasteiger partial charge in [-0.3, -0.25) is 0 Å². The van der Waals surface area contributed by atoms with E-state index in [-0.39, 0.29) is 0 Å². The summed E-state index contributed by atoms with van der Waals surface area (Å²) >= 11 is 0. The first-order chi connectivity index (χ1) is 10.2. The lowest BCUT2D eigenvalue weighted by molar-refractivity contribution is -0.0178. The minimum atomic E-state index is -0.414. The largest absolute Gasteiger partial charge is 0.496 e. The predicted octanol–water partition coefficient (Wildman–Crippen LogP) is 2.74. The van der Waals surface area contributed by atoms with Crippen LogP contribution in [-0.2, 0) is 10.3 Å². The molecule has 112 valence electrons. The molecule has 6 heteroatoms. The highest BCUT2D eigenvalue weighted by atomic mass is 16.5. The van der Waals surface area contributed by atoms with Crippen LogP contribution in [0.5, 0.6) is 5.75 Å². The normalized spacial score (nSPS) is 17.0. The summed E-state index contributed by atoms with van der Waals surface area (Å²) in [5.74, 6) is 1.64. The Kier molecular flexibility index (Phi) is 3.55. The number of methoxy groups -OCH3 is 2. The Balaban J connectivity index is 1.99. The quantitative estimate of drug-likeness (QED) is 0.871. The standard InChI is InChI=1S/C15H19N3O3/c1-19-12-9-10(16)5-6-11(12)13-17-14(18-21-13)15(20-2)7-3-4-8-15/h5-6,9H,3-4,7-8,16H2,1-2H3. The fourth-order valence-electron chi connectivity index (χ4n) is 2.87. The molecular weight excluding hydrogens is 270 g/mol. The number of hydrogen-bond acceptors (Lipinski definition) is 6. The van der Waals surface area contributed by atoms with Crippen LogP contribution in [0.15, 0.2) is 22.7 Å². The van der Waals surface area contributed by atoms with Gasteiger partial charge in [-0.05, 0) is 37.8 Å². The maximum atomic E-state index is 5.76. The SMILES string of the molecule is COc1cc(N)ccc1-c1nc(C2(OC)CCCC2)no1. The summed E-state index contributed by atoms with van der Waals surface area (Å²) in [6.07, 6.45) is 4.06. The van der Waals surface area contributed by atoms with E-state index in [9.17, 15) is 0 Å². The van der Waals surface area contributed by atoms with Gasteiger partial charge in [0.1, 0.15) is 11.4 Å². The van der Waals surface area contributed by atoms with Crippen LogP contribution in [-0.4, -0.2) is 24.4 Å². The molecule has 0 bridgehead atoms. The van der Waals surface area contributed by atoms with E-state index < -0.39 is 5.60 Å². The Morgan fingerprint density at radius 3 is 2.67 bits per heavy atom. The van der Waals surface area contributed by atoms with E-state index in [1.165, 1.54) is 0 Å². The number of nitrogen functional groups attached to an aromatic ring is 1. The highest BCUT2D eigenvalue weighted by molar-refractivity contribution is 5.66. The first-order valence-corrected chi connectivity index (χ1v) is 7.02. The first-order valence-electron chi connectivity index (χ1n) is 7.02. The van der Waals surface area contributed by atoms with Crippen LogP contribution in [0.1, 0.15) is 31.5 Å². The van der Waals surface area contributed by atoms with Crippen molar-refractivity contribution >= 4 is 5.69 Å². The molecule has 1 heterocycles. The number of ether oxygens (including phenoxy) is 2. The Morgan fingerprint density at radius 1 is 1.24 bits per heavy atom. The van der Waals surface area contributed by atoms with Crippen molar-refractivity contribution in [3.63, 3.8) is 0 Å². The molecule has 3 rings (SSSR count). The average molecular weight is 289 g/mol. The number of hydrogen-bond donors (Lipinski definition) is 1. The minimum Gasteiger partial charge on any atom is -0.496 e. The summed E-state index contributed by atoms with van der Waals surface area (Å²) in [6.45, 7) is 0. The minimum absolute atomic E-state index is 0.414. The number of aromatic nitrogens is 2. The summed E-state index contributed by atoms with van der Waals surface area (Å²) in [7, 11) is 3.29. The smallest absolute Gasteiger partial charge is 0.261 e. The van der Waals surface area contributed by atoms with E-state index in [2.05, 4.69) is 10.1 Å². The second-order valence-electron chi connectivity index (χ2n) is 5.29. The van der Waals surface area contributed by atoms with E-state index >= 15 is 0 Å². The van der Waals surface area contributed by atoms with Gasteiger partial charge < -0.3 is 19.7 Å². The van der Waals surface area contributed by atoms with Crippen molar-refractivity contribution in [2.75, 3.05) is 20.0 Å². The zero-order valence-electron chi connectivity index (χ0n) is 12.3. The van der Waals surface area contributed by atoms with Crippen molar-refractivity contribution in [3.05, 3.63) is 24.0 Å². The van der Waals surface area contributed by atoms with Gasteiger partial charge in [-0.2, -0.15) is 4.98 Å². The molecule has 0 aliphatic heterocycles. The van der Waals surface area contributed by atoms with Gasteiger partial charge in [0.15, 0.2) is 0 Å². The molecule has 1 fully saturated rings. The third-order valence-electron chi connectivity index (χ3n) is 4.09. The second kappa shape index (κ2) is 5.37. The summed E-state index contributed by atoms with van der Waals surface area (Å²) in [5.41, 5.74) is 6.70. The molecule has 0 saturated heterocycles. The van der Waals surface area contributed by atoms with Crippen molar-refractivity contribution < 1.29 is 14.0 Å². The van der Waals surface area contributed by atoms with Crippen molar-refractivity contribution in [2.45, 2.75) is 31.3 Å². The molecular formula is C15H19N3O3. The second-order valence-corrected chi connectivity index (χ2v) is 5.29. The highest BCUT2D eigenvalue weighted by Gasteiger charge is 2.40. The molecule has 1 aromatic carbocycles. The van der Waals surface area contributed by atoms with Crippen molar-refractivity contribution in [3.8, 4) is 17.2 Å². The maximum absolute atomic E-state index is 5.76. The Labute approximate surface area is 123 Å². The summed E-state index contributed by atoms with van der Waals surface area (Å²) in [6, 6.07) is 5.34. The lowest BCUT2D eigenvalue weighted by Crippen LogP contribution is -2.25. The van der Waals surface area contributed by atoms with Crippen molar-refractivity contribution in [1.82, 2.24) is 10.1 Å². The maximum Gasteiger partial charge on any atom is 0.261 e. The fourth-order valence-corrected chi connectivity index (χ4v) is 2.87. The van der Waals surface area contributed by atoms with Gasteiger partial charge in [0.2, 0.25) is 5.82 Å². The number of benzene rings is 1. The third-order valence-corrected chi connectivity index (χ3v) is 4.09. The Hall–Kier alpha value is -2.08. The molecule has 1 saturated carbocycles. The number of nitrogens with zero attached hydrogens (tertiary/aromatic N) is 2. The van der Waals surface area contributed by atoms with Gasteiger partial charge in [-0.1, -0.05) is 5.16 Å². The third kappa shape index (κ3) is 2.35. The van der Waals surface area contributed by atoms with E-state index in [4.69, 9.17) is 19.7 Å². The van der Waals surface area contributed by atoms with Crippen LogP contribution in [0.3, 0.4) is 0 Å². The molecule has 2 N–H and O–H groups in total. The van der Waals surface area contributed by atoms with Gasteiger partial charge in [-0.15, -0.1) is 0 Å². The number of rotatable bonds is 4. The van der Waals surface area contributed by atoms with E-state index in [0.717, 1.165) is 31.2 Å². The molecule has 0 atom stereocenters. The van der Waals surface area contributed by atoms with Gasteiger partial charge in [0.25, 0.3) is 5.89 Å². The van der Waals surface area contributed by atoms with Crippen LogP contribution < -0.4 is 10.5 Å². The van der Waals surface area contributed by atoms with Crippen LogP contribution in [0.2, 0.25) is 0 Å². The molecule has 6 nitrogen and oxygen atoms in total. The topological polar surface area (TPSA) is 83.4 Å². The van der Waals surface area contributed by atoms with Crippen LogP contribution in [0, 0.1) is 0 Å². The molecule has 0 unspecified atom stereocenters.